The number of aromatic nitrogens is 1. The molecular weight excluding hydrogens is 237 g/mol. The van der Waals surface area contributed by atoms with Crippen molar-refractivity contribution in [2.45, 2.75) is 6.92 Å². The van der Waals surface area contributed by atoms with E-state index in [2.05, 4.69) is 32.8 Å². The molecule has 1 aromatic rings. The molecule has 66 valence electrons. The van der Waals surface area contributed by atoms with E-state index >= 15 is 0 Å². The average Bonchev–Trinajstić information content (AvgIpc) is 2.04. The van der Waals surface area contributed by atoms with Crippen LogP contribution in [0, 0.1) is 17.7 Å². The highest BCUT2D eigenvalue weighted by atomic mass is 79.9. The minimum Gasteiger partial charge on any atom is -0.279 e. The van der Waals surface area contributed by atoms with Crippen molar-refractivity contribution in [3.8, 4) is 11.8 Å². The molecule has 1 heterocycles. The molecule has 0 saturated carbocycles. The Morgan fingerprint density at radius 3 is 2.85 bits per heavy atom. The van der Waals surface area contributed by atoms with Gasteiger partial charge in [0.25, 0.3) is 0 Å². The highest BCUT2D eigenvalue weighted by Gasteiger charge is 2.13. The normalized spacial score (nSPS) is 8.85. The molecule has 0 spiro atoms. The Morgan fingerprint density at radius 1 is 1.62 bits per heavy atom. The summed E-state index contributed by atoms with van der Waals surface area (Å²) in [4.78, 5) is 14.8. The van der Waals surface area contributed by atoms with E-state index in [1.54, 1.807) is 0 Å². The summed E-state index contributed by atoms with van der Waals surface area (Å²) in [6, 6.07) is 0. The second-order valence-corrected chi connectivity index (χ2v) is 3.04. The Kier molecular flexibility index (Phi) is 3.15. The molecular formula is C9H5BrFNO. The summed E-state index contributed by atoms with van der Waals surface area (Å²) in [7, 11) is 0. The molecule has 4 heteroatoms. The highest BCUT2D eigenvalue weighted by Crippen LogP contribution is 2.18. The van der Waals surface area contributed by atoms with Crippen LogP contribution in [0.15, 0.2) is 16.9 Å². The Bertz CT molecular complexity index is 386. The number of ketones is 1. The number of carbonyl (C=O) groups is 1. The van der Waals surface area contributed by atoms with Gasteiger partial charge in [0, 0.05) is 6.20 Å². The molecule has 0 bridgehead atoms. The summed E-state index contributed by atoms with van der Waals surface area (Å²) in [5, 5.41) is 0. The summed E-state index contributed by atoms with van der Waals surface area (Å²) in [6.45, 7) is 1.52. The van der Waals surface area contributed by atoms with Gasteiger partial charge in [-0.2, -0.15) is 0 Å². The van der Waals surface area contributed by atoms with Crippen LogP contribution in [0.2, 0.25) is 0 Å². The van der Waals surface area contributed by atoms with Crippen molar-refractivity contribution in [2.24, 2.45) is 0 Å². The van der Waals surface area contributed by atoms with Gasteiger partial charge in [0.1, 0.15) is 0 Å². The number of hydrogen-bond donors (Lipinski definition) is 0. The van der Waals surface area contributed by atoms with Crippen molar-refractivity contribution in [1.82, 2.24) is 4.98 Å². The van der Waals surface area contributed by atoms with Crippen LogP contribution < -0.4 is 0 Å². The minimum atomic E-state index is -0.665. The number of hydrogen-bond acceptors (Lipinski definition) is 2. The number of carbonyl (C=O) groups excluding carboxylic acids is 1. The molecule has 0 fully saturated rings. The van der Waals surface area contributed by atoms with Crippen LogP contribution in [0.25, 0.3) is 0 Å². The van der Waals surface area contributed by atoms with Crippen molar-refractivity contribution in [3.05, 3.63) is 28.2 Å². The molecule has 1 aromatic heterocycles. The molecule has 0 radical (unpaired) electrons. The van der Waals surface area contributed by atoms with Crippen LogP contribution in [-0.4, -0.2) is 10.8 Å². The van der Waals surface area contributed by atoms with Crippen LogP contribution in [0.4, 0.5) is 4.39 Å². The maximum Gasteiger partial charge on any atom is 0.240 e. The molecule has 1 rings (SSSR count). The first-order valence-corrected chi connectivity index (χ1v) is 4.22. The van der Waals surface area contributed by atoms with Gasteiger partial charge in [-0.15, -0.1) is 0 Å². The predicted octanol–water partition coefficient (Wildman–Crippen LogP) is 2.19. The molecule has 0 unspecified atom stereocenters. The molecule has 0 aromatic carbocycles. The fourth-order valence-corrected chi connectivity index (χ4v) is 1.29. The van der Waals surface area contributed by atoms with E-state index < -0.39 is 11.6 Å². The standard InChI is InChI=1S/C9H5BrFNO/c1-2-3-8(13)9-6(10)4-12-5-7(9)11/h4-5H,1H3. The lowest BCUT2D eigenvalue weighted by molar-refractivity contribution is 0.105. The van der Waals surface area contributed by atoms with Crippen LogP contribution >= 0.6 is 15.9 Å². The van der Waals surface area contributed by atoms with E-state index in [1.165, 1.54) is 13.1 Å². The molecule has 0 N–H and O–H groups in total. The van der Waals surface area contributed by atoms with Crippen LogP contribution in [0.5, 0.6) is 0 Å². The third kappa shape index (κ3) is 2.13. The summed E-state index contributed by atoms with van der Waals surface area (Å²) >= 11 is 3.03. The molecule has 0 amide bonds. The lowest BCUT2D eigenvalue weighted by Gasteiger charge is -1.98. The molecule has 13 heavy (non-hydrogen) atoms. The minimum absolute atomic E-state index is 0.0654. The molecule has 0 aliphatic heterocycles. The first kappa shape index (κ1) is 9.87. The van der Waals surface area contributed by atoms with E-state index in [0.29, 0.717) is 4.47 Å². The van der Waals surface area contributed by atoms with Crippen LogP contribution in [-0.2, 0) is 0 Å². The topological polar surface area (TPSA) is 30.0 Å². The molecule has 0 aliphatic rings. The van der Waals surface area contributed by atoms with E-state index in [9.17, 15) is 9.18 Å². The van der Waals surface area contributed by atoms with Gasteiger partial charge in [-0.3, -0.25) is 9.78 Å². The lowest BCUT2D eigenvalue weighted by Crippen LogP contribution is -2.01. The Morgan fingerprint density at radius 2 is 2.31 bits per heavy atom. The largest absolute Gasteiger partial charge is 0.279 e. The maximum absolute atomic E-state index is 13.0. The third-order valence-corrected chi connectivity index (χ3v) is 1.92. The Hall–Kier alpha value is -1.21. The van der Waals surface area contributed by atoms with Crippen molar-refractivity contribution in [2.75, 3.05) is 0 Å². The van der Waals surface area contributed by atoms with Crippen molar-refractivity contribution < 1.29 is 9.18 Å². The number of pyridine rings is 1. The summed E-state index contributed by atoms with van der Waals surface area (Å²) in [6.07, 6.45) is 2.34. The van der Waals surface area contributed by atoms with Gasteiger partial charge in [0.05, 0.1) is 16.2 Å². The number of Topliss-reactive ketones (excluding diaryl/α,β-unsaturated/α-hetero) is 1. The van der Waals surface area contributed by atoms with Gasteiger partial charge in [0.15, 0.2) is 5.82 Å². The zero-order valence-corrected chi connectivity index (χ0v) is 8.35. The molecule has 2 nitrogen and oxygen atoms in total. The fraction of sp³-hybridized carbons (Fsp3) is 0.111. The summed E-state index contributed by atoms with van der Waals surface area (Å²) in [5.74, 6) is 3.46. The average molecular weight is 242 g/mol. The Balaban J connectivity index is 3.25. The van der Waals surface area contributed by atoms with Gasteiger partial charge in [-0.25, -0.2) is 4.39 Å². The zero-order valence-electron chi connectivity index (χ0n) is 6.77. The fourth-order valence-electron chi connectivity index (χ4n) is 0.804. The van der Waals surface area contributed by atoms with E-state index in [1.807, 2.05) is 0 Å². The highest BCUT2D eigenvalue weighted by molar-refractivity contribution is 9.10. The maximum atomic E-state index is 13.0. The Labute approximate surface area is 83.3 Å². The summed E-state index contributed by atoms with van der Waals surface area (Å²) < 4.78 is 13.4. The zero-order chi connectivity index (χ0) is 9.84. The second-order valence-electron chi connectivity index (χ2n) is 2.18. The quantitative estimate of drug-likeness (QED) is 0.429. The monoisotopic (exact) mass is 241 g/mol. The van der Waals surface area contributed by atoms with E-state index in [0.717, 1.165) is 6.20 Å². The van der Waals surface area contributed by atoms with Crippen molar-refractivity contribution >= 4 is 21.7 Å². The predicted molar refractivity (Wildman–Crippen MR) is 49.7 cm³/mol. The van der Waals surface area contributed by atoms with Gasteiger partial charge in [0.2, 0.25) is 5.78 Å². The summed E-state index contributed by atoms with van der Waals surface area (Å²) in [5.41, 5.74) is -0.0654. The smallest absolute Gasteiger partial charge is 0.240 e. The van der Waals surface area contributed by atoms with E-state index in [-0.39, 0.29) is 5.56 Å². The van der Waals surface area contributed by atoms with Gasteiger partial charge < -0.3 is 0 Å². The first-order valence-electron chi connectivity index (χ1n) is 3.43. The van der Waals surface area contributed by atoms with Gasteiger partial charge in [-0.1, -0.05) is 5.92 Å². The SMILES string of the molecule is CC#CC(=O)c1c(F)cncc1Br. The third-order valence-electron chi connectivity index (χ3n) is 1.32. The van der Waals surface area contributed by atoms with Crippen molar-refractivity contribution in [3.63, 3.8) is 0 Å². The van der Waals surface area contributed by atoms with Crippen molar-refractivity contribution in [1.29, 1.82) is 0 Å². The van der Waals surface area contributed by atoms with Gasteiger partial charge in [-0.05, 0) is 28.8 Å². The second kappa shape index (κ2) is 4.15. The molecule has 0 saturated heterocycles. The molecule has 0 atom stereocenters. The van der Waals surface area contributed by atoms with E-state index in [4.69, 9.17) is 0 Å². The molecule has 0 aliphatic carbocycles. The first-order chi connectivity index (χ1) is 6.16. The van der Waals surface area contributed by atoms with Crippen LogP contribution in [0.1, 0.15) is 17.3 Å². The number of halogens is 2. The number of nitrogens with zero attached hydrogens (tertiary/aromatic N) is 1. The number of rotatable bonds is 1. The van der Waals surface area contributed by atoms with Crippen LogP contribution in [0.3, 0.4) is 0 Å². The lowest BCUT2D eigenvalue weighted by atomic mass is 10.2. The van der Waals surface area contributed by atoms with Gasteiger partial charge >= 0.3 is 0 Å².